The number of nitrogens with zero attached hydrogens (tertiary/aromatic N) is 4. The van der Waals surface area contributed by atoms with Gasteiger partial charge in [0.25, 0.3) is 5.89 Å². The number of hydrogen-bond acceptors (Lipinski definition) is 7. The van der Waals surface area contributed by atoms with Crippen LogP contribution in [0.3, 0.4) is 0 Å². The Morgan fingerprint density at radius 1 is 1.23 bits per heavy atom. The minimum absolute atomic E-state index is 0.0355. The number of para-hydroxylation sites is 1. The molecule has 3 aromatic heterocycles. The SMILES string of the molecule is O=C(CCn1nc(-c2cccs2)oc1=O)N1CCCC(c2nc3ccccc3s2)C1. The van der Waals surface area contributed by atoms with Crippen LogP contribution in [0.15, 0.2) is 51.0 Å². The van der Waals surface area contributed by atoms with Gasteiger partial charge in [-0.05, 0) is 36.4 Å². The van der Waals surface area contributed by atoms with Gasteiger partial charge in [0.1, 0.15) is 0 Å². The lowest BCUT2D eigenvalue weighted by atomic mass is 9.98. The van der Waals surface area contributed by atoms with Crippen molar-refractivity contribution in [2.45, 2.75) is 31.7 Å². The van der Waals surface area contributed by atoms with E-state index in [1.54, 1.807) is 11.3 Å². The predicted octanol–water partition coefficient (Wildman–Crippen LogP) is 3.97. The van der Waals surface area contributed by atoms with Gasteiger partial charge >= 0.3 is 5.76 Å². The van der Waals surface area contributed by atoms with Crippen LogP contribution in [0.2, 0.25) is 0 Å². The molecule has 4 heterocycles. The molecule has 1 aromatic carbocycles. The fourth-order valence-corrected chi connectivity index (χ4v) is 5.51. The number of piperidine rings is 1. The van der Waals surface area contributed by atoms with Crippen molar-refractivity contribution in [2.24, 2.45) is 0 Å². The van der Waals surface area contributed by atoms with E-state index in [-0.39, 0.29) is 24.8 Å². The Morgan fingerprint density at radius 2 is 2.13 bits per heavy atom. The third-order valence-electron chi connectivity index (χ3n) is 5.31. The Labute approximate surface area is 180 Å². The van der Waals surface area contributed by atoms with Gasteiger partial charge in [-0.15, -0.1) is 27.8 Å². The maximum absolute atomic E-state index is 12.8. The highest BCUT2D eigenvalue weighted by molar-refractivity contribution is 7.18. The van der Waals surface area contributed by atoms with E-state index in [4.69, 9.17) is 9.40 Å². The molecule has 1 saturated heterocycles. The van der Waals surface area contributed by atoms with E-state index in [0.29, 0.717) is 12.4 Å². The minimum atomic E-state index is -0.530. The van der Waals surface area contributed by atoms with Gasteiger partial charge in [-0.3, -0.25) is 4.79 Å². The van der Waals surface area contributed by atoms with Gasteiger partial charge in [-0.1, -0.05) is 18.2 Å². The van der Waals surface area contributed by atoms with Crippen molar-refractivity contribution < 1.29 is 9.21 Å². The molecule has 1 fully saturated rings. The van der Waals surface area contributed by atoms with E-state index in [1.165, 1.54) is 20.7 Å². The van der Waals surface area contributed by atoms with Crippen LogP contribution in [-0.2, 0) is 11.3 Å². The summed E-state index contributed by atoms with van der Waals surface area (Å²) in [4.78, 5) is 32.3. The molecule has 7 nitrogen and oxygen atoms in total. The Kier molecular flexibility index (Phi) is 5.22. The molecular weight excluding hydrogens is 420 g/mol. The summed E-state index contributed by atoms with van der Waals surface area (Å²) < 4.78 is 7.64. The maximum atomic E-state index is 12.8. The molecule has 9 heteroatoms. The van der Waals surface area contributed by atoms with Crippen molar-refractivity contribution in [3.05, 3.63) is 57.3 Å². The van der Waals surface area contributed by atoms with Gasteiger partial charge < -0.3 is 9.32 Å². The normalized spacial score (nSPS) is 16.9. The molecule has 0 bridgehead atoms. The number of carbonyl (C=O) groups excluding carboxylic acids is 1. The van der Waals surface area contributed by atoms with Gasteiger partial charge in [0.2, 0.25) is 5.91 Å². The number of thiophene rings is 1. The second-order valence-electron chi connectivity index (χ2n) is 7.32. The number of fused-ring (bicyclic) bond motifs is 1. The summed E-state index contributed by atoms with van der Waals surface area (Å²) in [7, 11) is 0. The number of amides is 1. The second kappa shape index (κ2) is 8.16. The number of likely N-dealkylation sites (tertiary alicyclic amines) is 1. The number of thiazole rings is 1. The molecule has 154 valence electrons. The van der Waals surface area contributed by atoms with Crippen molar-refractivity contribution >= 4 is 38.8 Å². The molecule has 0 radical (unpaired) electrons. The molecule has 1 unspecified atom stereocenters. The van der Waals surface area contributed by atoms with Crippen LogP contribution in [0.5, 0.6) is 0 Å². The first kappa shape index (κ1) is 19.2. The molecule has 1 aliphatic heterocycles. The number of hydrogen-bond donors (Lipinski definition) is 0. The van der Waals surface area contributed by atoms with Crippen LogP contribution in [0, 0.1) is 0 Å². The van der Waals surface area contributed by atoms with E-state index in [1.807, 2.05) is 40.6 Å². The fraction of sp³-hybridized carbons (Fsp3) is 0.333. The molecule has 0 aliphatic carbocycles. The minimum Gasteiger partial charge on any atom is -0.387 e. The molecule has 0 saturated carbocycles. The smallest absolute Gasteiger partial charge is 0.387 e. The topological polar surface area (TPSA) is 81.2 Å². The summed E-state index contributed by atoms with van der Waals surface area (Å²) in [5.74, 6) is 0.0715. The first-order valence-electron chi connectivity index (χ1n) is 9.92. The van der Waals surface area contributed by atoms with Gasteiger partial charge in [-0.25, -0.2) is 9.78 Å². The Morgan fingerprint density at radius 3 is 2.97 bits per heavy atom. The van der Waals surface area contributed by atoms with Crippen molar-refractivity contribution in [2.75, 3.05) is 13.1 Å². The summed E-state index contributed by atoms with van der Waals surface area (Å²) in [5.41, 5.74) is 1.02. The van der Waals surface area contributed by atoms with Crippen LogP contribution in [0.1, 0.15) is 30.2 Å². The molecule has 0 spiro atoms. The van der Waals surface area contributed by atoms with Crippen LogP contribution in [0.4, 0.5) is 0 Å². The highest BCUT2D eigenvalue weighted by Gasteiger charge is 2.27. The number of benzene rings is 1. The highest BCUT2D eigenvalue weighted by atomic mass is 32.1. The zero-order valence-electron chi connectivity index (χ0n) is 16.2. The van der Waals surface area contributed by atoms with Gasteiger partial charge in [0.05, 0.1) is 26.6 Å². The monoisotopic (exact) mass is 440 g/mol. The third kappa shape index (κ3) is 3.82. The van der Waals surface area contributed by atoms with Gasteiger partial charge in [0.15, 0.2) is 0 Å². The average molecular weight is 441 g/mol. The summed E-state index contributed by atoms with van der Waals surface area (Å²) in [6, 6.07) is 11.9. The quantitative estimate of drug-likeness (QED) is 0.469. The number of carbonyl (C=O) groups is 1. The number of aromatic nitrogens is 3. The molecule has 5 rings (SSSR count). The van der Waals surface area contributed by atoms with E-state index < -0.39 is 5.76 Å². The van der Waals surface area contributed by atoms with Crippen molar-refractivity contribution in [3.8, 4) is 10.8 Å². The van der Waals surface area contributed by atoms with Crippen LogP contribution >= 0.6 is 22.7 Å². The van der Waals surface area contributed by atoms with Crippen LogP contribution in [0.25, 0.3) is 21.0 Å². The molecule has 4 aromatic rings. The molecular formula is C21H20N4O3S2. The maximum Gasteiger partial charge on any atom is 0.437 e. The Bertz CT molecular complexity index is 1190. The molecule has 1 amide bonds. The second-order valence-corrected chi connectivity index (χ2v) is 9.33. The van der Waals surface area contributed by atoms with E-state index in [2.05, 4.69) is 11.2 Å². The molecule has 30 heavy (non-hydrogen) atoms. The number of rotatable bonds is 5. The van der Waals surface area contributed by atoms with Crippen molar-refractivity contribution in [3.63, 3.8) is 0 Å². The first-order chi connectivity index (χ1) is 14.7. The Balaban J connectivity index is 1.23. The summed E-state index contributed by atoms with van der Waals surface area (Å²) >= 11 is 3.17. The molecule has 0 N–H and O–H groups in total. The van der Waals surface area contributed by atoms with E-state index in [0.717, 1.165) is 34.8 Å². The lowest BCUT2D eigenvalue weighted by Crippen LogP contribution is -2.39. The first-order valence-corrected chi connectivity index (χ1v) is 11.6. The van der Waals surface area contributed by atoms with E-state index >= 15 is 0 Å². The largest absolute Gasteiger partial charge is 0.437 e. The summed E-state index contributed by atoms with van der Waals surface area (Å²) in [6.45, 7) is 1.63. The lowest BCUT2D eigenvalue weighted by Gasteiger charge is -2.31. The van der Waals surface area contributed by atoms with Crippen molar-refractivity contribution in [1.82, 2.24) is 19.7 Å². The van der Waals surface area contributed by atoms with E-state index in [9.17, 15) is 9.59 Å². The van der Waals surface area contributed by atoms with Crippen LogP contribution < -0.4 is 5.76 Å². The summed E-state index contributed by atoms with van der Waals surface area (Å²) in [6.07, 6.45) is 2.22. The standard InChI is InChI=1S/C21H20N4O3S2/c26-18(9-11-25-21(27)28-19(23-25)17-8-4-12-29-17)24-10-3-5-14(13-24)20-22-15-6-1-2-7-16(15)30-20/h1-2,4,6-8,12,14H,3,5,9-11,13H2. The predicted molar refractivity (Wildman–Crippen MR) is 117 cm³/mol. The third-order valence-corrected chi connectivity index (χ3v) is 7.37. The Hall–Kier alpha value is -2.78. The average Bonchev–Trinajstić information content (AvgIpc) is 3.51. The molecule has 1 atom stereocenters. The molecule has 1 aliphatic rings. The zero-order chi connectivity index (χ0) is 20.5. The zero-order valence-corrected chi connectivity index (χ0v) is 17.8. The van der Waals surface area contributed by atoms with Crippen molar-refractivity contribution in [1.29, 1.82) is 0 Å². The lowest BCUT2D eigenvalue weighted by molar-refractivity contribution is -0.132. The fourth-order valence-electron chi connectivity index (χ4n) is 3.78. The van der Waals surface area contributed by atoms with Crippen LogP contribution in [-0.4, -0.2) is 38.7 Å². The summed E-state index contributed by atoms with van der Waals surface area (Å²) in [5, 5.41) is 7.22. The highest BCUT2D eigenvalue weighted by Crippen LogP contribution is 2.33. The number of aryl methyl sites for hydroxylation is 1. The van der Waals surface area contributed by atoms with Gasteiger partial charge in [-0.2, -0.15) is 4.68 Å². The van der Waals surface area contributed by atoms with Gasteiger partial charge in [0, 0.05) is 25.4 Å².